The van der Waals surface area contributed by atoms with Crippen LogP contribution in [0.25, 0.3) is 11.1 Å². The van der Waals surface area contributed by atoms with Gasteiger partial charge in [-0.25, -0.2) is 8.42 Å². The smallest absolute Gasteiger partial charge is 0.181 e. The molecule has 4 heteroatoms. The van der Waals surface area contributed by atoms with Crippen LogP contribution in [0.15, 0.2) is 89.8 Å². The van der Waals surface area contributed by atoms with Crippen LogP contribution in [0.5, 0.6) is 0 Å². The van der Waals surface area contributed by atoms with E-state index in [4.69, 9.17) is 0 Å². The average molecular weight is 352 g/mol. The van der Waals surface area contributed by atoms with Crippen LogP contribution < -0.4 is 0 Å². The molecule has 1 atom stereocenters. The zero-order valence-electron chi connectivity index (χ0n) is 14.0. The van der Waals surface area contributed by atoms with Crippen LogP contribution in [0.1, 0.15) is 12.5 Å². The molecule has 0 aliphatic rings. The molecule has 0 aromatic heterocycles. The molecule has 128 valence electrons. The maximum Gasteiger partial charge on any atom is 0.181 e. The normalized spacial score (nSPS) is 14.0. The first kappa shape index (κ1) is 17.4. The molecule has 0 heterocycles. The van der Waals surface area contributed by atoms with Crippen molar-refractivity contribution in [3.05, 3.63) is 90.5 Å². The fourth-order valence-corrected chi connectivity index (χ4v) is 4.46. The van der Waals surface area contributed by atoms with E-state index in [2.05, 4.69) is 0 Å². The predicted octanol–water partition coefficient (Wildman–Crippen LogP) is 4.04. The lowest BCUT2D eigenvalue weighted by Gasteiger charge is -2.24. The Morgan fingerprint density at radius 1 is 0.760 bits per heavy atom. The van der Waals surface area contributed by atoms with E-state index in [-0.39, 0.29) is 10.6 Å². The second kappa shape index (κ2) is 6.82. The summed E-state index contributed by atoms with van der Waals surface area (Å²) in [5.41, 5.74) is 1.20. The molecule has 0 saturated carbocycles. The number of benzene rings is 3. The van der Waals surface area contributed by atoms with Crippen molar-refractivity contribution in [1.29, 1.82) is 0 Å². The van der Waals surface area contributed by atoms with Crippen LogP contribution in [0.3, 0.4) is 0 Å². The molecule has 1 N–H and O–H groups in total. The van der Waals surface area contributed by atoms with E-state index in [1.807, 2.05) is 42.5 Å². The molecule has 3 rings (SSSR count). The summed E-state index contributed by atoms with van der Waals surface area (Å²) in [7, 11) is -3.58. The second-order valence-corrected chi connectivity index (χ2v) is 8.28. The van der Waals surface area contributed by atoms with Gasteiger partial charge in [0.25, 0.3) is 0 Å². The first-order chi connectivity index (χ1) is 11.9. The molecule has 1 unspecified atom stereocenters. The fourth-order valence-electron chi connectivity index (χ4n) is 2.82. The highest BCUT2D eigenvalue weighted by Gasteiger charge is 2.31. The van der Waals surface area contributed by atoms with Crippen molar-refractivity contribution in [3.8, 4) is 11.1 Å². The molecular formula is C21H20O3S. The monoisotopic (exact) mass is 352 g/mol. The summed E-state index contributed by atoms with van der Waals surface area (Å²) in [5.74, 6) is -0.366. The third-order valence-corrected chi connectivity index (χ3v) is 6.12. The maximum absolute atomic E-state index is 12.5. The largest absolute Gasteiger partial charge is 0.384 e. The summed E-state index contributed by atoms with van der Waals surface area (Å²) in [5, 5.41) is 10.8. The van der Waals surface area contributed by atoms with Crippen LogP contribution in [0, 0.1) is 0 Å². The molecular weight excluding hydrogens is 332 g/mol. The van der Waals surface area contributed by atoms with Crippen molar-refractivity contribution in [3.63, 3.8) is 0 Å². The number of rotatable bonds is 5. The Kier molecular flexibility index (Phi) is 4.75. The van der Waals surface area contributed by atoms with Gasteiger partial charge in [-0.2, -0.15) is 0 Å². The first-order valence-corrected chi connectivity index (χ1v) is 9.70. The summed E-state index contributed by atoms with van der Waals surface area (Å²) >= 11 is 0. The molecule has 0 bridgehead atoms. The Bertz CT molecular complexity index is 929. The van der Waals surface area contributed by atoms with Crippen LogP contribution >= 0.6 is 0 Å². The molecule has 0 spiro atoms. The van der Waals surface area contributed by atoms with Gasteiger partial charge in [0.15, 0.2) is 9.84 Å². The van der Waals surface area contributed by atoms with E-state index in [0.717, 1.165) is 11.1 Å². The van der Waals surface area contributed by atoms with E-state index >= 15 is 0 Å². The highest BCUT2D eigenvalue weighted by molar-refractivity contribution is 7.91. The number of sulfone groups is 1. The Hall–Kier alpha value is -2.43. The van der Waals surface area contributed by atoms with Gasteiger partial charge in [0, 0.05) is 0 Å². The predicted molar refractivity (Wildman–Crippen MR) is 99.9 cm³/mol. The highest BCUT2D eigenvalue weighted by Crippen LogP contribution is 2.28. The van der Waals surface area contributed by atoms with E-state index < -0.39 is 15.4 Å². The van der Waals surface area contributed by atoms with Crippen molar-refractivity contribution in [2.24, 2.45) is 0 Å². The fraction of sp³-hybridized carbons (Fsp3) is 0.143. The Morgan fingerprint density at radius 3 is 1.80 bits per heavy atom. The highest BCUT2D eigenvalue weighted by atomic mass is 32.2. The molecule has 25 heavy (non-hydrogen) atoms. The van der Waals surface area contributed by atoms with Gasteiger partial charge in [-0.15, -0.1) is 0 Å². The van der Waals surface area contributed by atoms with Gasteiger partial charge in [0.05, 0.1) is 10.6 Å². The molecule has 0 aliphatic heterocycles. The molecule has 0 aliphatic carbocycles. The quantitative estimate of drug-likeness (QED) is 0.754. The van der Waals surface area contributed by atoms with E-state index in [1.54, 1.807) is 42.5 Å². The molecule has 0 amide bonds. The van der Waals surface area contributed by atoms with E-state index in [0.29, 0.717) is 5.56 Å². The third-order valence-electron chi connectivity index (χ3n) is 4.19. The number of hydrogen-bond donors (Lipinski definition) is 1. The Balaban J connectivity index is 1.85. The van der Waals surface area contributed by atoms with Crippen molar-refractivity contribution in [1.82, 2.24) is 0 Å². The molecule has 0 saturated heterocycles. The summed E-state index contributed by atoms with van der Waals surface area (Å²) in [6.45, 7) is 1.53. The Morgan fingerprint density at radius 2 is 1.24 bits per heavy atom. The van der Waals surface area contributed by atoms with Crippen molar-refractivity contribution in [2.75, 3.05) is 5.75 Å². The van der Waals surface area contributed by atoms with Gasteiger partial charge in [0.2, 0.25) is 0 Å². The van der Waals surface area contributed by atoms with Crippen LogP contribution in [0.2, 0.25) is 0 Å². The number of hydrogen-bond acceptors (Lipinski definition) is 3. The molecule has 0 fully saturated rings. The van der Waals surface area contributed by atoms with E-state index in [1.165, 1.54) is 6.92 Å². The van der Waals surface area contributed by atoms with Gasteiger partial charge in [-0.3, -0.25) is 0 Å². The summed E-state index contributed by atoms with van der Waals surface area (Å²) < 4.78 is 25.1. The average Bonchev–Trinajstić information content (AvgIpc) is 2.62. The van der Waals surface area contributed by atoms with Crippen molar-refractivity contribution >= 4 is 9.84 Å². The van der Waals surface area contributed by atoms with E-state index in [9.17, 15) is 13.5 Å². The van der Waals surface area contributed by atoms with Gasteiger partial charge in [0.1, 0.15) is 5.60 Å². The molecule has 3 aromatic rings. The van der Waals surface area contributed by atoms with Gasteiger partial charge < -0.3 is 5.11 Å². The summed E-state index contributed by atoms with van der Waals surface area (Å²) in [4.78, 5) is 0.219. The standard InChI is InChI=1S/C21H20O3S/c1-21(22,16-25(23,24)20-10-6-3-7-11-20)19-14-12-18(13-15-19)17-8-4-2-5-9-17/h2-15,22H,16H2,1H3. The zero-order chi connectivity index (χ0) is 17.9. The van der Waals surface area contributed by atoms with Gasteiger partial charge in [-0.05, 0) is 35.7 Å². The zero-order valence-corrected chi connectivity index (χ0v) is 14.8. The Labute approximate surface area is 148 Å². The number of aliphatic hydroxyl groups is 1. The summed E-state index contributed by atoms with van der Waals surface area (Å²) in [6.07, 6.45) is 0. The molecule has 3 nitrogen and oxygen atoms in total. The minimum Gasteiger partial charge on any atom is -0.384 e. The lowest BCUT2D eigenvalue weighted by atomic mass is 9.95. The maximum atomic E-state index is 12.5. The van der Waals surface area contributed by atoms with Crippen LogP contribution in [-0.2, 0) is 15.4 Å². The lowest BCUT2D eigenvalue weighted by Crippen LogP contribution is -2.31. The van der Waals surface area contributed by atoms with Gasteiger partial charge in [-0.1, -0.05) is 72.8 Å². The SMILES string of the molecule is CC(O)(CS(=O)(=O)c1ccccc1)c1ccc(-c2ccccc2)cc1. The summed E-state index contributed by atoms with van der Waals surface area (Å²) in [6, 6.07) is 25.5. The van der Waals surface area contributed by atoms with Crippen LogP contribution in [0.4, 0.5) is 0 Å². The van der Waals surface area contributed by atoms with Crippen LogP contribution in [-0.4, -0.2) is 19.3 Å². The lowest BCUT2D eigenvalue weighted by molar-refractivity contribution is 0.0819. The second-order valence-electron chi connectivity index (χ2n) is 6.29. The third kappa shape index (κ3) is 3.98. The minimum absolute atomic E-state index is 0.219. The molecule has 0 radical (unpaired) electrons. The minimum atomic E-state index is -3.58. The van der Waals surface area contributed by atoms with Gasteiger partial charge >= 0.3 is 0 Å². The molecule has 3 aromatic carbocycles. The topological polar surface area (TPSA) is 54.4 Å². The first-order valence-electron chi connectivity index (χ1n) is 8.05. The van der Waals surface area contributed by atoms with Crippen molar-refractivity contribution in [2.45, 2.75) is 17.4 Å². The van der Waals surface area contributed by atoms with Crippen molar-refractivity contribution < 1.29 is 13.5 Å².